The summed E-state index contributed by atoms with van der Waals surface area (Å²) in [6, 6.07) is 8.67. The van der Waals surface area contributed by atoms with Crippen molar-refractivity contribution < 1.29 is 9.59 Å². The van der Waals surface area contributed by atoms with Crippen molar-refractivity contribution in [3.63, 3.8) is 0 Å². The van der Waals surface area contributed by atoms with Crippen LogP contribution in [0.2, 0.25) is 0 Å². The predicted octanol–water partition coefficient (Wildman–Crippen LogP) is 2.91. The summed E-state index contributed by atoms with van der Waals surface area (Å²) < 4.78 is 0. The smallest absolute Gasteiger partial charge is 0.163 e. The first-order valence-electron chi connectivity index (χ1n) is 8.84. The fourth-order valence-corrected chi connectivity index (χ4v) is 3.83. The van der Waals surface area contributed by atoms with E-state index in [2.05, 4.69) is 15.9 Å². The largest absolute Gasteiger partial charge is 0.369 e. The third kappa shape index (κ3) is 3.99. The van der Waals surface area contributed by atoms with Crippen molar-refractivity contribution in [2.24, 2.45) is 0 Å². The van der Waals surface area contributed by atoms with E-state index in [1.54, 1.807) is 0 Å². The first-order valence-corrected chi connectivity index (χ1v) is 8.84. The molecule has 0 N–H and O–H groups in total. The summed E-state index contributed by atoms with van der Waals surface area (Å²) in [4.78, 5) is 27.5. The number of piperazine rings is 1. The number of hydrogen-bond acceptors (Lipinski definition) is 4. The van der Waals surface area contributed by atoms with Crippen LogP contribution in [-0.2, 0) is 4.79 Å². The van der Waals surface area contributed by atoms with Gasteiger partial charge in [0, 0.05) is 56.3 Å². The Morgan fingerprint density at radius 3 is 2.57 bits per heavy atom. The van der Waals surface area contributed by atoms with Crippen molar-refractivity contribution in [1.82, 2.24) is 4.90 Å². The minimum absolute atomic E-state index is 0.0588. The molecule has 1 saturated heterocycles. The maximum absolute atomic E-state index is 12.1. The average Bonchev–Trinajstić information content (AvgIpc) is 3.14. The van der Waals surface area contributed by atoms with E-state index in [9.17, 15) is 9.59 Å². The number of carbonyl (C=O) groups excluding carboxylic acids is 2. The van der Waals surface area contributed by atoms with Crippen molar-refractivity contribution >= 4 is 17.8 Å². The molecule has 124 valence electrons. The topological polar surface area (TPSA) is 40.6 Å². The first-order chi connectivity index (χ1) is 11.3. The lowest BCUT2D eigenvalue weighted by molar-refractivity contribution is -0.107. The maximum Gasteiger partial charge on any atom is 0.163 e. The summed E-state index contributed by atoms with van der Waals surface area (Å²) in [6.45, 7) is 4.30. The zero-order valence-electron chi connectivity index (χ0n) is 13.7. The highest BCUT2D eigenvalue weighted by Gasteiger charge is 2.26. The van der Waals surface area contributed by atoms with Gasteiger partial charge in [-0.1, -0.05) is 25.0 Å². The minimum atomic E-state index is 0.0588. The van der Waals surface area contributed by atoms with Crippen LogP contribution in [0.1, 0.15) is 48.9 Å². The normalized spacial score (nSPS) is 19.9. The molecule has 1 heterocycles. The van der Waals surface area contributed by atoms with Crippen molar-refractivity contribution in [2.75, 3.05) is 31.1 Å². The molecular weight excluding hydrogens is 288 g/mol. The highest BCUT2D eigenvalue weighted by Crippen LogP contribution is 2.26. The van der Waals surface area contributed by atoms with Gasteiger partial charge in [-0.3, -0.25) is 9.69 Å². The number of ketones is 1. The Bertz CT molecular complexity index is 544. The van der Waals surface area contributed by atoms with Gasteiger partial charge in [0.1, 0.15) is 6.29 Å². The van der Waals surface area contributed by atoms with Gasteiger partial charge in [0.25, 0.3) is 0 Å². The monoisotopic (exact) mass is 314 g/mol. The Balaban J connectivity index is 1.59. The number of nitrogens with zero attached hydrogens (tertiary/aromatic N) is 2. The quantitative estimate of drug-likeness (QED) is 0.598. The van der Waals surface area contributed by atoms with Gasteiger partial charge in [-0.05, 0) is 25.0 Å². The van der Waals surface area contributed by atoms with Gasteiger partial charge in [-0.15, -0.1) is 0 Å². The van der Waals surface area contributed by atoms with Crippen LogP contribution in [0.3, 0.4) is 0 Å². The summed E-state index contributed by atoms with van der Waals surface area (Å²) in [5.74, 6) is 0.0588. The van der Waals surface area contributed by atoms with Crippen LogP contribution in [-0.4, -0.2) is 49.2 Å². The first kappa shape index (κ1) is 16.2. The second-order valence-electron chi connectivity index (χ2n) is 6.64. The number of carbonyl (C=O) groups is 2. The highest BCUT2D eigenvalue weighted by molar-refractivity contribution is 5.97. The highest BCUT2D eigenvalue weighted by atomic mass is 16.1. The number of Topliss-reactive ketones (excluding diaryl/α,β-unsaturated/α-hetero) is 1. The number of benzene rings is 1. The molecule has 0 amide bonds. The van der Waals surface area contributed by atoms with Crippen LogP contribution in [0, 0.1) is 0 Å². The van der Waals surface area contributed by atoms with Crippen LogP contribution in [0.25, 0.3) is 0 Å². The molecule has 1 saturated carbocycles. The molecule has 1 aliphatic carbocycles. The number of aldehydes is 1. The van der Waals surface area contributed by atoms with Gasteiger partial charge in [0.15, 0.2) is 5.78 Å². The molecule has 1 aromatic carbocycles. The van der Waals surface area contributed by atoms with Crippen molar-refractivity contribution in [2.45, 2.75) is 44.6 Å². The van der Waals surface area contributed by atoms with Crippen LogP contribution >= 0.6 is 0 Å². The predicted molar refractivity (Wildman–Crippen MR) is 92.1 cm³/mol. The van der Waals surface area contributed by atoms with Crippen molar-refractivity contribution in [3.8, 4) is 0 Å². The molecule has 4 nitrogen and oxygen atoms in total. The van der Waals surface area contributed by atoms with Crippen molar-refractivity contribution in [1.29, 1.82) is 0 Å². The van der Waals surface area contributed by atoms with Gasteiger partial charge in [0.05, 0.1) is 0 Å². The molecule has 0 spiro atoms. The lowest BCUT2D eigenvalue weighted by Crippen LogP contribution is -2.49. The molecule has 23 heavy (non-hydrogen) atoms. The fraction of sp³-hybridized carbons (Fsp3) is 0.579. The van der Waals surface area contributed by atoms with Crippen LogP contribution in [0.4, 0.5) is 5.69 Å². The third-order valence-electron chi connectivity index (χ3n) is 5.18. The molecule has 0 bridgehead atoms. The molecule has 2 fully saturated rings. The second kappa shape index (κ2) is 7.73. The summed E-state index contributed by atoms with van der Waals surface area (Å²) in [5, 5.41) is 0. The Morgan fingerprint density at radius 2 is 1.87 bits per heavy atom. The zero-order valence-corrected chi connectivity index (χ0v) is 13.7. The fourth-order valence-electron chi connectivity index (χ4n) is 3.83. The molecule has 4 heteroatoms. The number of anilines is 1. The lowest BCUT2D eigenvalue weighted by atomic mass is 10.1. The second-order valence-corrected chi connectivity index (χ2v) is 6.64. The summed E-state index contributed by atoms with van der Waals surface area (Å²) in [5.41, 5.74) is 1.86. The van der Waals surface area contributed by atoms with Gasteiger partial charge in [-0.2, -0.15) is 0 Å². The number of hydrogen-bond donors (Lipinski definition) is 0. The number of rotatable bonds is 6. The summed E-state index contributed by atoms with van der Waals surface area (Å²) in [6.07, 6.45) is 6.92. The molecule has 2 aliphatic rings. The standard InChI is InChI=1S/C19H26N2O2/c22-14-4-9-19(23)16-5-3-8-18(15-16)21-12-10-20(11-13-21)17-6-1-2-7-17/h3,5,8,14-15,17H,1-2,4,6-7,9-13H2. The van der Waals surface area contributed by atoms with Crippen LogP contribution in [0.5, 0.6) is 0 Å². The molecule has 0 unspecified atom stereocenters. The van der Waals surface area contributed by atoms with Crippen LogP contribution in [0.15, 0.2) is 24.3 Å². The maximum atomic E-state index is 12.1. The van der Waals surface area contributed by atoms with E-state index in [1.165, 1.54) is 25.7 Å². The molecule has 0 atom stereocenters. The van der Waals surface area contributed by atoms with Crippen LogP contribution < -0.4 is 4.90 Å². The van der Waals surface area contributed by atoms with Gasteiger partial charge >= 0.3 is 0 Å². The van der Waals surface area contributed by atoms with E-state index < -0.39 is 0 Å². The van der Waals surface area contributed by atoms with E-state index in [0.717, 1.165) is 49.8 Å². The lowest BCUT2D eigenvalue weighted by Gasteiger charge is -2.39. The van der Waals surface area contributed by atoms with Gasteiger partial charge in [-0.25, -0.2) is 0 Å². The van der Waals surface area contributed by atoms with E-state index in [1.807, 2.05) is 18.2 Å². The van der Waals surface area contributed by atoms with E-state index in [-0.39, 0.29) is 5.78 Å². The molecule has 3 rings (SSSR count). The minimum Gasteiger partial charge on any atom is -0.369 e. The SMILES string of the molecule is O=CCCC(=O)c1cccc(N2CCN(C3CCCC3)CC2)c1. The average molecular weight is 314 g/mol. The molecule has 0 radical (unpaired) electrons. The summed E-state index contributed by atoms with van der Waals surface area (Å²) in [7, 11) is 0. The van der Waals surface area contributed by atoms with E-state index in [0.29, 0.717) is 12.8 Å². The molecular formula is C19H26N2O2. The molecule has 0 aromatic heterocycles. The third-order valence-corrected chi connectivity index (χ3v) is 5.18. The summed E-state index contributed by atoms with van der Waals surface area (Å²) >= 11 is 0. The Hall–Kier alpha value is -1.68. The Labute approximate surface area is 138 Å². The van der Waals surface area contributed by atoms with Gasteiger partial charge in [0.2, 0.25) is 0 Å². The van der Waals surface area contributed by atoms with Crippen molar-refractivity contribution in [3.05, 3.63) is 29.8 Å². The van der Waals surface area contributed by atoms with E-state index >= 15 is 0 Å². The Kier molecular flexibility index (Phi) is 5.44. The molecule has 1 aliphatic heterocycles. The van der Waals surface area contributed by atoms with E-state index in [4.69, 9.17) is 0 Å². The molecule has 1 aromatic rings. The Morgan fingerprint density at radius 1 is 1.13 bits per heavy atom. The van der Waals surface area contributed by atoms with Gasteiger partial charge < -0.3 is 9.69 Å². The zero-order chi connectivity index (χ0) is 16.1.